The van der Waals surface area contributed by atoms with Crippen molar-refractivity contribution in [3.63, 3.8) is 0 Å². The second-order valence-electron chi connectivity index (χ2n) is 4.48. The monoisotopic (exact) mass is 215 g/mol. The minimum atomic E-state index is 0.280. The second kappa shape index (κ2) is 8.08. The van der Waals surface area contributed by atoms with E-state index in [2.05, 4.69) is 4.90 Å². The third-order valence-corrected chi connectivity index (χ3v) is 3.30. The largest absolute Gasteiger partial charge is 0.396 e. The Morgan fingerprint density at radius 2 is 1.40 bits per heavy atom. The van der Waals surface area contributed by atoms with Crippen molar-refractivity contribution < 1.29 is 10.2 Å². The lowest BCUT2D eigenvalue weighted by Gasteiger charge is -2.34. The molecule has 2 N–H and O–H groups in total. The lowest BCUT2D eigenvalue weighted by Crippen LogP contribution is -2.38. The molecule has 0 radical (unpaired) electrons. The van der Waals surface area contributed by atoms with Gasteiger partial charge in [0.15, 0.2) is 0 Å². The molecule has 3 heteroatoms. The highest BCUT2D eigenvalue weighted by atomic mass is 16.3. The molecule has 15 heavy (non-hydrogen) atoms. The van der Waals surface area contributed by atoms with Gasteiger partial charge in [-0.3, -0.25) is 0 Å². The zero-order valence-corrected chi connectivity index (χ0v) is 9.70. The van der Waals surface area contributed by atoms with Gasteiger partial charge in [0.05, 0.1) is 0 Å². The molecule has 1 aliphatic rings. The van der Waals surface area contributed by atoms with Crippen molar-refractivity contribution in [3.8, 4) is 0 Å². The molecule has 90 valence electrons. The van der Waals surface area contributed by atoms with E-state index in [0.717, 1.165) is 25.9 Å². The Labute approximate surface area is 93.1 Å². The van der Waals surface area contributed by atoms with E-state index in [-0.39, 0.29) is 13.2 Å². The zero-order valence-electron chi connectivity index (χ0n) is 9.70. The third-order valence-electron chi connectivity index (χ3n) is 3.30. The van der Waals surface area contributed by atoms with Gasteiger partial charge in [-0.1, -0.05) is 19.3 Å². The summed E-state index contributed by atoms with van der Waals surface area (Å²) < 4.78 is 0. The summed E-state index contributed by atoms with van der Waals surface area (Å²) in [5.74, 6) is 0. The Kier molecular flexibility index (Phi) is 6.98. The van der Waals surface area contributed by atoms with Crippen LogP contribution < -0.4 is 0 Å². The second-order valence-corrected chi connectivity index (χ2v) is 4.48. The van der Waals surface area contributed by atoms with Crippen molar-refractivity contribution in [2.75, 3.05) is 26.3 Å². The van der Waals surface area contributed by atoms with E-state index >= 15 is 0 Å². The van der Waals surface area contributed by atoms with E-state index in [1.54, 1.807) is 0 Å². The third kappa shape index (κ3) is 4.96. The van der Waals surface area contributed by atoms with Crippen LogP contribution >= 0.6 is 0 Å². The van der Waals surface area contributed by atoms with E-state index < -0.39 is 0 Å². The first kappa shape index (κ1) is 12.9. The zero-order chi connectivity index (χ0) is 10.9. The number of nitrogens with zero attached hydrogens (tertiary/aromatic N) is 1. The van der Waals surface area contributed by atoms with Gasteiger partial charge in [0.25, 0.3) is 0 Å². The molecule has 1 rings (SSSR count). The van der Waals surface area contributed by atoms with E-state index in [9.17, 15) is 0 Å². The quantitative estimate of drug-likeness (QED) is 0.674. The lowest BCUT2D eigenvalue weighted by atomic mass is 9.94. The standard InChI is InChI=1S/C12H25NO2/c14-10-4-8-13(9-5-11-15)12-6-2-1-3-7-12/h12,14-15H,1-11H2. The molecule has 0 heterocycles. The molecule has 0 spiro atoms. The van der Waals surface area contributed by atoms with Crippen molar-refractivity contribution in [2.24, 2.45) is 0 Å². The Morgan fingerprint density at radius 1 is 0.867 bits per heavy atom. The highest BCUT2D eigenvalue weighted by Gasteiger charge is 2.19. The van der Waals surface area contributed by atoms with Crippen LogP contribution in [0.3, 0.4) is 0 Å². The molecule has 0 unspecified atom stereocenters. The molecule has 0 aromatic carbocycles. The molecule has 0 aromatic heterocycles. The number of aliphatic hydroxyl groups is 2. The molecule has 0 aromatic rings. The van der Waals surface area contributed by atoms with Crippen molar-refractivity contribution in [3.05, 3.63) is 0 Å². The van der Waals surface area contributed by atoms with Gasteiger partial charge in [0.2, 0.25) is 0 Å². The van der Waals surface area contributed by atoms with Crippen molar-refractivity contribution in [1.82, 2.24) is 4.90 Å². The molecule has 0 atom stereocenters. The van der Waals surface area contributed by atoms with Crippen molar-refractivity contribution in [1.29, 1.82) is 0 Å². The van der Waals surface area contributed by atoms with Crippen LogP contribution in [0.4, 0.5) is 0 Å². The van der Waals surface area contributed by atoms with Gasteiger partial charge in [-0.15, -0.1) is 0 Å². The summed E-state index contributed by atoms with van der Waals surface area (Å²) in [6.07, 6.45) is 8.40. The molecule has 1 fully saturated rings. The van der Waals surface area contributed by atoms with Crippen molar-refractivity contribution in [2.45, 2.75) is 51.0 Å². The van der Waals surface area contributed by atoms with Crippen LogP contribution in [0.2, 0.25) is 0 Å². The van der Waals surface area contributed by atoms with E-state index in [1.165, 1.54) is 32.1 Å². The van der Waals surface area contributed by atoms with Gasteiger partial charge in [0, 0.05) is 32.3 Å². The molecule has 1 saturated carbocycles. The fourth-order valence-corrected chi connectivity index (χ4v) is 2.47. The predicted molar refractivity (Wildman–Crippen MR) is 61.9 cm³/mol. The number of hydrogen-bond donors (Lipinski definition) is 2. The number of rotatable bonds is 7. The van der Waals surface area contributed by atoms with Crippen LogP contribution in [-0.2, 0) is 0 Å². The van der Waals surface area contributed by atoms with Crippen LogP contribution in [0.15, 0.2) is 0 Å². The predicted octanol–water partition coefficient (Wildman–Crippen LogP) is 1.39. The minimum absolute atomic E-state index is 0.280. The first-order chi connectivity index (χ1) is 7.38. The molecule has 1 aliphatic carbocycles. The summed E-state index contributed by atoms with van der Waals surface area (Å²) in [6.45, 7) is 2.53. The molecule has 0 aliphatic heterocycles. The number of hydrogen-bond acceptors (Lipinski definition) is 3. The normalized spacial score (nSPS) is 18.6. The van der Waals surface area contributed by atoms with Crippen LogP contribution in [0, 0.1) is 0 Å². The Hall–Kier alpha value is -0.120. The highest BCUT2D eigenvalue weighted by molar-refractivity contribution is 4.75. The fraction of sp³-hybridized carbons (Fsp3) is 1.00. The van der Waals surface area contributed by atoms with Crippen LogP contribution in [0.1, 0.15) is 44.9 Å². The van der Waals surface area contributed by atoms with Crippen LogP contribution in [-0.4, -0.2) is 47.5 Å². The topological polar surface area (TPSA) is 43.7 Å². The van der Waals surface area contributed by atoms with E-state index in [1.807, 2.05) is 0 Å². The Balaban J connectivity index is 2.30. The van der Waals surface area contributed by atoms with Crippen LogP contribution in [0.5, 0.6) is 0 Å². The Bertz CT molecular complexity index is 139. The van der Waals surface area contributed by atoms with Crippen LogP contribution in [0.25, 0.3) is 0 Å². The summed E-state index contributed by atoms with van der Waals surface area (Å²) >= 11 is 0. The summed E-state index contributed by atoms with van der Waals surface area (Å²) in [4.78, 5) is 2.46. The molecular formula is C12H25NO2. The first-order valence-corrected chi connectivity index (χ1v) is 6.34. The van der Waals surface area contributed by atoms with E-state index in [4.69, 9.17) is 10.2 Å². The lowest BCUT2D eigenvalue weighted by molar-refractivity contribution is 0.130. The summed E-state index contributed by atoms with van der Waals surface area (Å²) in [5, 5.41) is 17.7. The first-order valence-electron chi connectivity index (χ1n) is 6.34. The maximum Gasteiger partial charge on any atom is 0.0443 e. The van der Waals surface area contributed by atoms with E-state index in [0.29, 0.717) is 6.04 Å². The smallest absolute Gasteiger partial charge is 0.0443 e. The fourth-order valence-electron chi connectivity index (χ4n) is 2.47. The minimum Gasteiger partial charge on any atom is -0.396 e. The summed E-state index contributed by atoms with van der Waals surface area (Å²) in [7, 11) is 0. The maximum absolute atomic E-state index is 8.86. The number of aliphatic hydroxyl groups excluding tert-OH is 2. The van der Waals surface area contributed by atoms with Gasteiger partial charge in [-0.2, -0.15) is 0 Å². The van der Waals surface area contributed by atoms with Gasteiger partial charge in [-0.05, 0) is 25.7 Å². The Morgan fingerprint density at radius 3 is 1.87 bits per heavy atom. The summed E-state index contributed by atoms with van der Waals surface area (Å²) in [5.41, 5.74) is 0. The maximum atomic E-state index is 8.86. The van der Waals surface area contributed by atoms with Gasteiger partial charge in [-0.25, -0.2) is 0 Å². The molecular weight excluding hydrogens is 190 g/mol. The molecule has 0 amide bonds. The van der Waals surface area contributed by atoms with Crippen molar-refractivity contribution >= 4 is 0 Å². The SMILES string of the molecule is OCCCN(CCCO)C1CCCCC1. The highest BCUT2D eigenvalue weighted by Crippen LogP contribution is 2.22. The molecule has 3 nitrogen and oxygen atoms in total. The van der Waals surface area contributed by atoms with Gasteiger partial charge in [0.1, 0.15) is 0 Å². The molecule has 0 bridgehead atoms. The summed E-state index contributed by atoms with van der Waals surface area (Å²) in [6, 6.07) is 0.705. The van der Waals surface area contributed by atoms with Gasteiger partial charge < -0.3 is 15.1 Å². The average molecular weight is 215 g/mol. The average Bonchev–Trinajstić information content (AvgIpc) is 2.30. The molecule has 0 saturated heterocycles. The van der Waals surface area contributed by atoms with Gasteiger partial charge >= 0.3 is 0 Å².